The Labute approximate surface area is 99.7 Å². The number of hydrogen-bond donors (Lipinski definition) is 1. The van der Waals surface area contributed by atoms with Gasteiger partial charge in [-0.15, -0.1) is 0 Å². The Bertz CT molecular complexity index is 317. The molecule has 1 amide bonds. The molecule has 0 aromatic heterocycles. The van der Waals surface area contributed by atoms with E-state index < -0.39 is 0 Å². The van der Waals surface area contributed by atoms with Crippen LogP contribution in [0.15, 0.2) is 5.11 Å². The third-order valence-corrected chi connectivity index (χ3v) is 3.07. The Kier molecular flexibility index (Phi) is 4.19. The molecule has 0 radical (unpaired) electrons. The predicted molar refractivity (Wildman–Crippen MR) is 61.4 cm³/mol. The summed E-state index contributed by atoms with van der Waals surface area (Å²) in [4.78, 5) is 16.3. The molecule has 1 N–H and O–H groups in total. The second-order valence-electron chi connectivity index (χ2n) is 4.49. The van der Waals surface area contributed by atoms with Crippen molar-refractivity contribution >= 4 is 5.91 Å². The Morgan fingerprint density at radius 1 is 1.59 bits per heavy atom. The summed E-state index contributed by atoms with van der Waals surface area (Å²) < 4.78 is 5.41. The summed E-state index contributed by atoms with van der Waals surface area (Å²) in [7, 11) is 0. The second kappa shape index (κ2) is 5.86. The van der Waals surface area contributed by atoms with E-state index in [0.29, 0.717) is 26.2 Å². The van der Waals surface area contributed by atoms with Crippen molar-refractivity contribution in [1.29, 1.82) is 0 Å². The molecule has 0 unspecified atom stereocenters. The van der Waals surface area contributed by atoms with Gasteiger partial charge in [-0.3, -0.25) is 9.69 Å². The van der Waals surface area contributed by atoms with Crippen molar-refractivity contribution in [3.05, 3.63) is 10.4 Å². The monoisotopic (exact) mass is 239 g/mol. The zero-order valence-electron chi connectivity index (χ0n) is 9.71. The lowest BCUT2D eigenvalue weighted by Gasteiger charge is -2.35. The molecule has 2 rings (SSSR count). The van der Waals surface area contributed by atoms with Crippen molar-refractivity contribution < 1.29 is 9.53 Å². The van der Waals surface area contributed by atoms with E-state index in [1.807, 2.05) is 4.90 Å². The average Bonchev–Trinajstić information content (AvgIpc) is 2.76. The number of amides is 1. The summed E-state index contributed by atoms with van der Waals surface area (Å²) >= 11 is 0. The molecule has 2 aliphatic rings. The first-order chi connectivity index (χ1) is 8.28. The largest absolute Gasteiger partial charge is 0.376 e. The number of hydrogen-bond acceptors (Lipinski definition) is 4. The lowest BCUT2D eigenvalue weighted by molar-refractivity contribution is -0.123. The minimum absolute atomic E-state index is 0.0138. The van der Waals surface area contributed by atoms with Crippen LogP contribution in [0.1, 0.15) is 12.8 Å². The number of rotatable bonds is 5. The van der Waals surface area contributed by atoms with Crippen molar-refractivity contribution in [2.45, 2.75) is 25.0 Å². The molecule has 7 heteroatoms. The van der Waals surface area contributed by atoms with Crippen LogP contribution in [0.3, 0.4) is 0 Å². The standard InChI is InChI=1S/C10H17N5O2/c11-14-13-8-5-15(6-8)7-10(16)12-4-9-2-1-3-17-9/h8-9H,1-7H2,(H,12,16)/t9-/m1/s1. The van der Waals surface area contributed by atoms with Crippen molar-refractivity contribution in [3.8, 4) is 0 Å². The number of likely N-dealkylation sites (tertiary alicyclic amines) is 1. The summed E-state index contributed by atoms with van der Waals surface area (Å²) in [6.07, 6.45) is 2.30. The van der Waals surface area contributed by atoms with Crippen molar-refractivity contribution in [2.75, 3.05) is 32.8 Å². The summed E-state index contributed by atoms with van der Waals surface area (Å²) in [5, 5.41) is 6.45. The van der Waals surface area contributed by atoms with Crippen LogP contribution in [0.5, 0.6) is 0 Å². The minimum atomic E-state index is 0.0138. The first kappa shape index (κ1) is 12.2. The van der Waals surface area contributed by atoms with E-state index in [9.17, 15) is 4.79 Å². The lowest BCUT2D eigenvalue weighted by atomic mass is 10.1. The van der Waals surface area contributed by atoms with Gasteiger partial charge in [0, 0.05) is 31.2 Å². The molecule has 0 aliphatic carbocycles. The first-order valence-corrected chi connectivity index (χ1v) is 5.93. The van der Waals surface area contributed by atoms with Crippen LogP contribution in [0, 0.1) is 0 Å². The highest BCUT2D eigenvalue weighted by Gasteiger charge is 2.27. The molecule has 2 heterocycles. The first-order valence-electron chi connectivity index (χ1n) is 5.93. The Hall–Kier alpha value is -1.30. The summed E-state index contributed by atoms with van der Waals surface area (Å²) in [6, 6.07) is 0.0333. The van der Waals surface area contributed by atoms with Gasteiger partial charge in [0.15, 0.2) is 0 Å². The van der Waals surface area contributed by atoms with Gasteiger partial charge in [-0.2, -0.15) is 0 Å². The van der Waals surface area contributed by atoms with E-state index in [-0.39, 0.29) is 18.1 Å². The highest BCUT2D eigenvalue weighted by atomic mass is 16.5. The van der Waals surface area contributed by atoms with Gasteiger partial charge >= 0.3 is 0 Å². The number of nitrogens with zero attached hydrogens (tertiary/aromatic N) is 4. The minimum Gasteiger partial charge on any atom is -0.376 e. The second-order valence-corrected chi connectivity index (χ2v) is 4.49. The van der Waals surface area contributed by atoms with Crippen LogP contribution in [0.25, 0.3) is 10.4 Å². The highest BCUT2D eigenvalue weighted by molar-refractivity contribution is 5.78. The van der Waals surface area contributed by atoms with E-state index in [1.54, 1.807) is 0 Å². The smallest absolute Gasteiger partial charge is 0.234 e. The molecule has 7 nitrogen and oxygen atoms in total. The maximum atomic E-state index is 11.6. The number of azide groups is 1. The molecular weight excluding hydrogens is 222 g/mol. The maximum Gasteiger partial charge on any atom is 0.234 e. The van der Waals surface area contributed by atoms with Crippen LogP contribution >= 0.6 is 0 Å². The molecule has 94 valence electrons. The van der Waals surface area contributed by atoms with Gasteiger partial charge in [0.25, 0.3) is 0 Å². The Balaban J connectivity index is 1.57. The highest BCUT2D eigenvalue weighted by Crippen LogP contribution is 2.12. The van der Waals surface area contributed by atoms with Gasteiger partial charge in [-0.25, -0.2) is 0 Å². The quantitative estimate of drug-likeness (QED) is 0.424. The molecule has 1 atom stereocenters. The normalized spacial score (nSPS) is 25.1. The van der Waals surface area contributed by atoms with Crippen LogP contribution < -0.4 is 5.32 Å². The molecule has 0 spiro atoms. The predicted octanol–water partition coefficient (Wildman–Crippen LogP) is 0.276. The van der Waals surface area contributed by atoms with Gasteiger partial charge in [-0.05, 0) is 18.4 Å². The van der Waals surface area contributed by atoms with E-state index in [0.717, 1.165) is 19.4 Å². The van der Waals surface area contributed by atoms with Crippen LogP contribution in [-0.2, 0) is 9.53 Å². The molecule has 17 heavy (non-hydrogen) atoms. The lowest BCUT2D eigenvalue weighted by Crippen LogP contribution is -2.53. The van der Waals surface area contributed by atoms with E-state index in [4.69, 9.17) is 10.3 Å². The molecule has 0 aromatic rings. The summed E-state index contributed by atoms with van der Waals surface area (Å²) in [5.74, 6) is 0.0138. The van der Waals surface area contributed by atoms with Gasteiger partial charge in [0.05, 0.1) is 18.7 Å². The molecule has 2 saturated heterocycles. The van der Waals surface area contributed by atoms with Gasteiger partial charge in [0.1, 0.15) is 0 Å². The zero-order chi connectivity index (χ0) is 12.1. The third-order valence-electron chi connectivity index (χ3n) is 3.07. The zero-order valence-corrected chi connectivity index (χ0v) is 9.71. The third kappa shape index (κ3) is 3.59. The van der Waals surface area contributed by atoms with Crippen molar-refractivity contribution in [1.82, 2.24) is 10.2 Å². The summed E-state index contributed by atoms with van der Waals surface area (Å²) in [6.45, 7) is 3.14. The molecule has 0 saturated carbocycles. The SMILES string of the molecule is [N-]=[N+]=NC1CN(CC(=O)NC[C@H]2CCCO2)C1. The molecule has 2 aliphatic heterocycles. The number of nitrogens with one attached hydrogen (secondary N) is 1. The van der Waals surface area contributed by atoms with E-state index in [2.05, 4.69) is 15.3 Å². The van der Waals surface area contributed by atoms with Crippen LogP contribution in [0.4, 0.5) is 0 Å². The van der Waals surface area contributed by atoms with Gasteiger partial charge in [-0.1, -0.05) is 5.11 Å². The topological polar surface area (TPSA) is 90.3 Å². The van der Waals surface area contributed by atoms with Crippen LogP contribution in [0.2, 0.25) is 0 Å². The average molecular weight is 239 g/mol. The van der Waals surface area contributed by atoms with Crippen molar-refractivity contribution in [2.24, 2.45) is 5.11 Å². The van der Waals surface area contributed by atoms with Crippen molar-refractivity contribution in [3.63, 3.8) is 0 Å². The van der Waals surface area contributed by atoms with Gasteiger partial charge in [0.2, 0.25) is 5.91 Å². The number of carbonyl (C=O) groups excluding carboxylic acids is 1. The maximum absolute atomic E-state index is 11.6. The molecule has 0 bridgehead atoms. The number of ether oxygens (including phenoxy) is 1. The Morgan fingerprint density at radius 2 is 2.41 bits per heavy atom. The molecule has 2 fully saturated rings. The van der Waals surface area contributed by atoms with Gasteiger partial charge < -0.3 is 10.1 Å². The Morgan fingerprint density at radius 3 is 3.06 bits per heavy atom. The summed E-state index contributed by atoms with van der Waals surface area (Å²) in [5.41, 5.74) is 8.22. The van der Waals surface area contributed by atoms with Crippen LogP contribution in [-0.4, -0.2) is 55.7 Å². The fourth-order valence-electron chi connectivity index (χ4n) is 2.11. The van der Waals surface area contributed by atoms with E-state index >= 15 is 0 Å². The molecular formula is C10H17N5O2. The molecule has 0 aromatic carbocycles. The number of carbonyl (C=O) groups is 1. The fourth-order valence-corrected chi connectivity index (χ4v) is 2.11. The van der Waals surface area contributed by atoms with E-state index in [1.165, 1.54) is 0 Å². The fraction of sp³-hybridized carbons (Fsp3) is 0.900.